The van der Waals surface area contributed by atoms with Gasteiger partial charge in [0.2, 0.25) is 11.8 Å². The summed E-state index contributed by atoms with van der Waals surface area (Å²) in [6, 6.07) is 8.24. The Balaban J connectivity index is 1.83. The van der Waals surface area contributed by atoms with E-state index in [-0.39, 0.29) is 30.4 Å². The summed E-state index contributed by atoms with van der Waals surface area (Å²) >= 11 is 0. The molecule has 0 heterocycles. The number of rotatable bonds is 8. The van der Waals surface area contributed by atoms with Crippen molar-refractivity contribution in [2.45, 2.75) is 58.2 Å². The van der Waals surface area contributed by atoms with Gasteiger partial charge in [0, 0.05) is 6.04 Å². The molecule has 1 aromatic carbocycles. The van der Waals surface area contributed by atoms with E-state index < -0.39 is 0 Å². The quantitative estimate of drug-likeness (QED) is 0.766. The van der Waals surface area contributed by atoms with Crippen LogP contribution in [0.2, 0.25) is 0 Å². The van der Waals surface area contributed by atoms with E-state index >= 15 is 0 Å². The number of aryl methyl sites for hydroxylation is 1. The van der Waals surface area contributed by atoms with Crippen molar-refractivity contribution in [3.8, 4) is 0 Å². The van der Waals surface area contributed by atoms with E-state index in [1.165, 1.54) is 5.56 Å². The number of hydrogen-bond acceptors (Lipinski definition) is 3. The minimum atomic E-state index is -0.354. The maximum atomic E-state index is 12.4. The van der Waals surface area contributed by atoms with E-state index in [0.717, 1.165) is 24.8 Å². The van der Waals surface area contributed by atoms with Crippen LogP contribution in [-0.4, -0.2) is 42.4 Å². The van der Waals surface area contributed by atoms with Gasteiger partial charge in [-0.15, -0.1) is 0 Å². The molecule has 0 spiro atoms. The summed E-state index contributed by atoms with van der Waals surface area (Å²) in [7, 11) is 1.80. The van der Waals surface area contributed by atoms with Gasteiger partial charge in [-0.05, 0) is 51.3 Å². The van der Waals surface area contributed by atoms with Crippen LogP contribution in [0.25, 0.3) is 0 Å². The van der Waals surface area contributed by atoms with Gasteiger partial charge < -0.3 is 10.6 Å². The summed E-state index contributed by atoms with van der Waals surface area (Å²) in [6.07, 6.45) is 3.14. The van der Waals surface area contributed by atoms with Crippen molar-refractivity contribution in [3.05, 3.63) is 35.4 Å². The van der Waals surface area contributed by atoms with Crippen LogP contribution in [0.1, 0.15) is 50.8 Å². The molecule has 1 aliphatic carbocycles. The van der Waals surface area contributed by atoms with Crippen LogP contribution >= 0.6 is 0 Å². The minimum absolute atomic E-state index is 0.0112. The van der Waals surface area contributed by atoms with Gasteiger partial charge in [-0.1, -0.05) is 31.2 Å². The van der Waals surface area contributed by atoms with Crippen molar-refractivity contribution in [1.29, 1.82) is 0 Å². The Morgan fingerprint density at radius 3 is 2.38 bits per heavy atom. The molecule has 1 aliphatic rings. The Kier molecular flexibility index (Phi) is 6.37. The molecular weight excluding hydrogens is 302 g/mol. The number of carbonyl (C=O) groups excluding carboxylic acids is 2. The summed E-state index contributed by atoms with van der Waals surface area (Å²) in [5.41, 5.74) is 2.37. The standard InChI is InChI=1S/C19H29N3O2/c1-5-15-6-8-16(9-7-15)13(2)20-19(24)14(3)22(4)12-18(23)21-17-10-11-17/h6-9,13-14,17H,5,10-12H2,1-4H3,(H,20,24)(H,21,23). The van der Waals surface area contributed by atoms with E-state index in [9.17, 15) is 9.59 Å². The highest BCUT2D eigenvalue weighted by molar-refractivity contribution is 5.83. The molecule has 5 heteroatoms. The molecule has 2 amide bonds. The van der Waals surface area contributed by atoms with Crippen molar-refractivity contribution in [3.63, 3.8) is 0 Å². The predicted octanol–water partition coefficient (Wildman–Crippen LogP) is 2.03. The van der Waals surface area contributed by atoms with E-state index in [4.69, 9.17) is 0 Å². The Labute approximate surface area is 144 Å². The Morgan fingerprint density at radius 2 is 1.83 bits per heavy atom. The van der Waals surface area contributed by atoms with E-state index in [2.05, 4.69) is 41.8 Å². The lowest BCUT2D eigenvalue weighted by Crippen LogP contribution is -2.47. The molecule has 0 aromatic heterocycles. The first-order valence-electron chi connectivity index (χ1n) is 8.79. The number of hydrogen-bond donors (Lipinski definition) is 2. The van der Waals surface area contributed by atoms with Crippen LogP contribution in [0.5, 0.6) is 0 Å². The fourth-order valence-corrected chi connectivity index (χ4v) is 2.52. The molecule has 0 radical (unpaired) electrons. The second-order valence-electron chi connectivity index (χ2n) is 6.76. The van der Waals surface area contributed by atoms with Gasteiger partial charge in [-0.3, -0.25) is 14.5 Å². The van der Waals surface area contributed by atoms with E-state index in [1.54, 1.807) is 11.9 Å². The number of nitrogens with one attached hydrogen (secondary N) is 2. The topological polar surface area (TPSA) is 61.4 Å². The maximum absolute atomic E-state index is 12.4. The maximum Gasteiger partial charge on any atom is 0.237 e. The molecule has 2 N–H and O–H groups in total. The third-order valence-electron chi connectivity index (χ3n) is 4.62. The highest BCUT2D eigenvalue weighted by Crippen LogP contribution is 2.18. The third kappa shape index (κ3) is 5.34. The molecule has 2 rings (SSSR count). The average molecular weight is 331 g/mol. The second kappa shape index (κ2) is 8.29. The monoisotopic (exact) mass is 331 g/mol. The van der Waals surface area contributed by atoms with Gasteiger partial charge in [0.1, 0.15) is 0 Å². The Morgan fingerprint density at radius 1 is 1.21 bits per heavy atom. The molecular formula is C19H29N3O2. The van der Waals surface area contributed by atoms with Crippen molar-refractivity contribution in [2.75, 3.05) is 13.6 Å². The zero-order valence-corrected chi connectivity index (χ0v) is 15.1. The first-order chi connectivity index (χ1) is 11.4. The van der Waals surface area contributed by atoms with Gasteiger partial charge in [0.05, 0.1) is 18.6 Å². The third-order valence-corrected chi connectivity index (χ3v) is 4.62. The molecule has 0 saturated heterocycles. The Bertz CT molecular complexity index is 566. The lowest BCUT2D eigenvalue weighted by atomic mass is 10.0. The van der Waals surface area contributed by atoms with Crippen LogP contribution in [0.4, 0.5) is 0 Å². The lowest BCUT2D eigenvalue weighted by molar-refractivity contribution is -0.128. The highest BCUT2D eigenvalue weighted by atomic mass is 16.2. The molecule has 5 nitrogen and oxygen atoms in total. The molecule has 2 atom stereocenters. The number of nitrogens with zero attached hydrogens (tertiary/aromatic N) is 1. The van der Waals surface area contributed by atoms with Crippen LogP contribution in [0, 0.1) is 0 Å². The molecule has 0 aliphatic heterocycles. The smallest absolute Gasteiger partial charge is 0.237 e. The van der Waals surface area contributed by atoms with Crippen LogP contribution in [0.15, 0.2) is 24.3 Å². The number of likely N-dealkylation sites (N-methyl/N-ethyl adjacent to an activating group) is 1. The zero-order valence-electron chi connectivity index (χ0n) is 15.1. The SMILES string of the molecule is CCc1ccc(C(C)NC(=O)C(C)N(C)CC(=O)NC2CC2)cc1. The Hall–Kier alpha value is -1.88. The fraction of sp³-hybridized carbons (Fsp3) is 0.579. The molecule has 1 aromatic rings. The van der Waals surface area contributed by atoms with Crippen LogP contribution in [0.3, 0.4) is 0 Å². The van der Waals surface area contributed by atoms with Crippen LogP contribution < -0.4 is 10.6 Å². The molecule has 1 saturated carbocycles. The largest absolute Gasteiger partial charge is 0.352 e. The van der Waals surface area contributed by atoms with Crippen molar-refractivity contribution >= 4 is 11.8 Å². The average Bonchev–Trinajstić information content (AvgIpc) is 3.37. The van der Waals surface area contributed by atoms with E-state index in [1.807, 2.05) is 13.8 Å². The van der Waals surface area contributed by atoms with Crippen molar-refractivity contribution in [1.82, 2.24) is 15.5 Å². The number of amides is 2. The molecule has 2 unspecified atom stereocenters. The summed E-state index contributed by atoms with van der Waals surface area (Å²) in [4.78, 5) is 26.1. The van der Waals surface area contributed by atoms with Crippen molar-refractivity contribution < 1.29 is 9.59 Å². The van der Waals surface area contributed by atoms with Gasteiger partial charge in [0.15, 0.2) is 0 Å². The first-order valence-corrected chi connectivity index (χ1v) is 8.79. The fourth-order valence-electron chi connectivity index (χ4n) is 2.52. The number of carbonyl (C=O) groups is 2. The predicted molar refractivity (Wildman–Crippen MR) is 95.6 cm³/mol. The van der Waals surface area contributed by atoms with Gasteiger partial charge in [0.25, 0.3) is 0 Å². The van der Waals surface area contributed by atoms with Crippen molar-refractivity contribution in [2.24, 2.45) is 0 Å². The van der Waals surface area contributed by atoms with Gasteiger partial charge in [-0.25, -0.2) is 0 Å². The molecule has 24 heavy (non-hydrogen) atoms. The number of benzene rings is 1. The highest BCUT2D eigenvalue weighted by Gasteiger charge is 2.26. The van der Waals surface area contributed by atoms with E-state index in [0.29, 0.717) is 6.04 Å². The minimum Gasteiger partial charge on any atom is -0.352 e. The summed E-state index contributed by atoms with van der Waals surface area (Å²) in [5.74, 6) is -0.0772. The zero-order chi connectivity index (χ0) is 17.7. The summed E-state index contributed by atoms with van der Waals surface area (Å²) in [6.45, 7) is 6.17. The second-order valence-corrected chi connectivity index (χ2v) is 6.76. The lowest BCUT2D eigenvalue weighted by Gasteiger charge is -2.25. The van der Waals surface area contributed by atoms with Gasteiger partial charge in [-0.2, -0.15) is 0 Å². The van der Waals surface area contributed by atoms with Crippen LogP contribution in [-0.2, 0) is 16.0 Å². The van der Waals surface area contributed by atoms with Gasteiger partial charge >= 0.3 is 0 Å². The molecule has 0 bridgehead atoms. The first kappa shape index (κ1) is 18.5. The summed E-state index contributed by atoms with van der Waals surface area (Å²) < 4.78 is 0. The molecule has 132 valence electrons. The summed E-state index contributed by atoms with van der Waals surface area (Å²) in [5, 5.41) is 5.97. The molecule has 1 fully saturated rings. The normalized spacial score (nSPS) is 16.5.